The smallest absolute Gasteiger partial charge is 0.370 e. The number of nitrogens with zero attached hydrogens (tertiary/aromatic N) is 3. The topological polar surface area (TPSA) is 62.9 Å². The molecule has 0 saturated carbocycles. The average molecular weight is 790 g/mol. The van der Waals surface area contributed by atoms with Crippen LogP contribution in [0.3, 0.4) is 0 Å². The van der Waals surface area contributed by atoms with Gasteiger partial charge < -0.3 is 10.2 Å². The maximum absolute atomic E-state index is 14.0. The van der Waals surface area contributed by atoms with E-state index in [-0.39, 0.29) is 69.5 Å². The first kappa shape index (κ1) is 40.1. The Hall–Kier alpha value is -3.71. The highest BCUT2D eigenvalue weighted by Crippen LogP contribution is 2.50. The van der Waals surface area contributed by atoms with Crippen molar-refractivity contribution in [3.05, 3.63) is 133 Å². The molecule has 4 aromatic carbocycles. The summed E-state index contributed by atoms with van der Waals surface area (Å²) in [6.45, 7) is 0.228. The van der Waals surface area contributed by atoms with Gasteiger partial charge in [0, 0.05) is 45.4 Å². The van der Waals surface area contributed by atoms with Crippen LogP contribution in [0, 0.1) is 28.5 Å². The zero-order valence-corrected chi connectivity index (χ0v) is 29.3. The summed E-state index contributed by atoms with van der Waals surface area (Å²) in [5, 5.41) is 20.7. The molecule has 0 radical (unpaired) electrons. The minimum atomic E-state index is -4.44. The first-order valence-electron chi connectivity index (χ1n) is 15.1. The second kappa shape index (κ2) is 16.3. The molecule has 268 valence electrons. The molecule has 15 heteroatoms. The molecular weight excluding hydrogens is 763 g/mol. The van der Waals surface area contributed by atoms with Gasteiger partial charge >= 0.3 is 12.4 Å². The number of hydrogen-bond donors (Lipinski definition) is 1. The third kappa shape index (κ3) is 9.40. The standard InChI is InChI=1S/C18H13Cl2F3N2.C11H10Cl2F3N.C7H4FN/c19-14-7-13(8-15(20)9-14)17(18(21,22)23)5-6-25(11-17)16-3-1-12(10-24)2-4-16;12-8-3-7(4-9(13)5-8)10(11(14,15)16)1-2-17-6-10;8-7-3-1-6(5-9)2-4-7/h1-4,7-9H,5-6,11H2;3-5,17H,1-2,6H2;1-4H. The van der Waals surface area contributed by atoms with E-state index in [4.69, 9.17) is 56.9 Å². The Balaban J connectivity index is 0.000000192. The van der Waals surface area contributed by atoms with Gasteiger partial charge in [-0.15, -0.1) is 0 Å². The van der Waals surface area contributed by atoms with Crippen molar-refractivity contribution in [2.75, 3.05) is 31.1 Å². The van der Waals surface area contributed by atoms with Gasteiger partial charge in [-0.3, -0.25) is 0 Å². The number of anilines is 1. The molecule has 2 unspecified atom stereocenters. The lowest BCUT2D eigenvalue weighted by molar-refractivity contribution is -0.185. The average Bonchev–Trinajstić information content (AvgIpc) is 3.75. The van der Waals surface area contributed by atoms with E-state index in [0.29, 0.717) is 23.4 Å². The van der Waals surface area contributed by atoms with Crippen LogP contribution >= 0.6 is 46.4 Å². The first-order chi connectivity index (χ1) is 23.9. The lowest BCUT2D eigenvalue weighted by Crippen LogP contribution is -2.44. The quantitative estimate of drug-likeness (QED) is 0.210. The third-order valence-electron chi connectivity index (χ3n) is 8.68. The van der Waals surface area contributed by atoms with Crippen LogP contribution in [0.2, 0.25) is 20.1 Å². The summed E-state index contributed by atoms with van der Waals surface area (Å²) in [5.74, 6) is -0.311. The van der Waals surface area contributed by atoms with Crippen molar-refractivity contribution in [3.63, 3.8) is 0 Å². The van der Waals surface area contributed by atoms with Crippen LogP contribution < -0.4 is 10.2 Å². The van der Waals surface area contributed by atoms with Gasteiger partial charge in [0.1, 0.15) is 16.6 Å². The molecule has 2 heterocycles. The number of hydrogen-bond acceptors (Lipinski definition) is 4. The van der Waals surface area contributed by atoms with Gasteiger partial charge in [0.25, 0.3) is 0 Å². The lowest BCUT2D eigenvalue weighted by Gasteiger charge is -2.33. The molecule has 2 aliphatic heterocycles. The SMILES string of the molecule is FC(F)(F)C1(c2cc(Cl)cc(Cl)c2)CCNC1.N#Cc1ccc(F)cc1.N#Cc1ccc(N2CCC(c3cc(Cl)cc(Cl)c3)(C(F)(F)F)C2)cc1. The molecule has 0 spiro atoms. The highest BCUT2D eigenvalue weighted by molar-refractivity contribution is 6.35. The number of nitrogens with one attached hydrogen (secondary N) is 1. The van der Waals surface area contributed by atoms with Crippen LogP contribution in [0.1, 0.15) is 35.1 Å². The predicted octanol–water partition coefficient (Wildman–Crippen LogP) is 11.1. The van der Waals surface area contributed by atoms with E-state index in [2.05, 4.69) is 5.32 Å². The Morgan fingerprint density at radius 2 is 1.06 bits per heavy atom. The number of alkyl halides is 6. The Labute approximate surface area is 309 Å². The van der Waals surface area contributed by atoms with Crippen molar-refractivity contribution in [1.29, 1.82) is 10.5 Å². The molecule has 6 rings (SSSR count). The fraction of sp³-hybridized carbons (Fsp3) is 0.278. The largest absolute Gasteiger partial charge is 0.400 e. The monoisotopic (exact) mass is 788 g/mol. The maximum atomic E-state index is 14.0. The fourth-order valence-corrected chi connectivity index (χ4v) is 6.99. The van der Waals surface area contributed by atoms with Crippen molar-refractivity contribution < 1.29 is 30.7 Å². The van der Waals surface area contributed by atoms with Crippen molar-refractivity contribution >= 4 is 52.1 Å². The Kier molecular flexibility index (Phi) is 12.8. The van der Waals surface area contributed by atoms with Gasteiger partial charge in [0.15, 0.2) is 0 Å². The predicted molar refractivity (Wildman–Crippen MR) is 185 cm³/mol. The van der Waals surface area contributed by atoms with Gasteiger partial charge in [0.05, 0.1) is 23.3 Å². The maximum Gasteiger partial charge on any atom is 0.400 e. The molecular formula is C36H27Cl4F7N4. The zero-order valence-electron chi connectivity index (χ0n) is 26.3. The van der Waals surface area contributed by atoms with Gasteiger partial charge in [-0.25, -0.2) is 4.39 Å². The second-order valence-electron chi connectivity index (χ2n) is 11.9. The van der Waals surface area contributed by atoms with E-state index in [1.165, 1.54) is 60.7 Å². The molecule has 51 heavy (non-hydrogen) atoms. The zero-order chi connectivity index (χ0) is 37.6. The van der Waals surface area contributed by atoms with E-state index in [9.17, 15) is 30.7 Å². The fourth-order valence-electron chi connectivity index (χ4n) is 5.94. The van der Waals surface area contributed by atoms with Crippen LogP contribution in [0.15, 0.2) is 84.9 Å². The summed E-state index contributed by atoms with van der Waals surface area (Å²) in [6, 6.07) is 24.0. The van der Waals surface area contributed by atoms with E-state index < -0.39 is 23.2 Å². The van der Waals surface area contributed by atoms with Gasteiger partial charge in [-0.2, -0.15) is 36.9 Å². The van der Waals surface area contributed by atoms with Gasteiger partial charge in [-0.05, 0) is 115 Å². The van der Waals surface area contributed by atoms with Crippen molar-refractivity contribution in [3.8, 4) is 12.1 Å². The summed E-state index contributed by atoms with van der Waals surface area (Å²) >= 11 is 23.4. The van der Waals surface area contributed by atoms with Crippen molar-refractivity contribution in [2.45, 2.75) is 36.0 Å². The van der Waals surface area contributed by atoms with Gasteiger partial charge in [-0.1, -0.05) is 46.4 Å². The van der Waals surface area contributed by atoms with Crippen LogP contribution in [-0.2, 0) is 10.8 Å². The molecule has 2 aliphatic rings. The number of benzene rings is 4. The van der Waals surface area contributed by atoms with Gasteiger partial charge in [0.2, 0.25) is 0 Å². The summed E-state index contributed by atoms with van der Waals surface area (Å²) in [6.07, 6.45) is -8.84. The van der Waals surface area contributed by atoms with Crippen molar-refractivity contribution in [2.24, 2.45) is 0 Å². The highest BCUT2D eigenvalue weighted by atomic mass is 35.5. The summed E-state index contributed by atoms with van der Waals surface area (Å²) in [7, 11) is 0. The van der Waals surface area contributed by atoms with Crippen LogP contribution in [0.5, 0.6) is 0 Å². The van der Waals surface area contributed by atoms with Crippen LogP contribution in [0.25, 0.3) is 0 Å². The first-order valence-corrected chi connectivity index (χ1v) is 16.6. The van der Waals surface area contributed by atoms with Crippen LogP contribution in [0.4, 0.5) is 36.4 Å². The lowest BCUT2D eigenvalue weighted by atomic mass is 9.79. The molecule has 0 amide bonds. The van der Waals surface area contributed by atoms with E-state index in [1.54, 1.807) is 29.2 Å². The molecule has 1 N–H and O–H groups in total. The van der Waals surface area contributed by atoms with E-state index >= 15 is 0 Å². The molecule has 0 aliphatic carbocycles. The van der Waals surface area contributed by atoms with E-state index in [1.807, 2.05) is 12.1 Å². The molecule has 4 nitrogen and oxygen atoms in total. The summed E-state index contributed by atoms with van der Waals surface area (Å²) in [5.41, 5.74) is -2.10. The number of rotatable bonds is 3. The molecule has 2 saturated heterocycles. The van der Waals surface area contributed by atoms with E-state index in [0.717, 1.165) is 0 Å². The highest BCUT2D eigenvalue weighted by Gasteiger charge is 2.59. The molecule has 2 atom stereocenters. The minimum absolute atomic E-state index is 0.00711. The minimum Gasteiger partial charge on any atom is -0.370 e. The molecule has 0 aromatic heterocycles. The molecule has 2 fully saturated rings. The third-order valence-corrected chi connectivity index (χ3v) is 9.55. The Morgan fingerprint density at radius 1 is 0.627 bits per heavy atom. The molecule has 4 aromatic rings. The Bertz CT molecular complexity index is 1860. The number of nitriles is 2. The summed E-state index contributed by atoms with van der Waals surface area (Å²) < 4.78 is 93.9. The molecule has 0 bridgehead atoms. The van der Waals surface area contributed by atoms with Crippen molar-refractivity contribution in [1.82, 2.24) is 5.32 Å². The van der Waals surface area contributed by atoms with Crippen LogP contribution in [-0.4, -0.2) is 38.5 Å². The second-order valence-corrected chi connectivity index (χ2v) is 13.6. The number of halogens is 11. The Morgan fingerprint density at radius 3 is 1.45 bits per heavy atom. The normalized spacial score (nSPS) is 20.0. The summed E-state index contributed by atoms with van der Waals surface area (Å²) in [4.78, 5) is 1.67.